The number of methoxy groups -OCH3 is 1. The second-order valence-electron chi connectivity index (χ2n) is 4.30. The monoisotopic (exact) mass is 329 g/mol. The van der Waals surface area contributed by atoms with Gasteiger partial charge in [-0.3, -0.25) is 0 Å². The number of nitrogens with one attached hydrogen (secondary N) is 1. The summed E-state index contributed by atoms with van der Waals surface area (Å²) in [6.07, 6.45) is 1.92. The standard InChI is InChI=1S/C14H19NO4S2/c1-11(10-20-3)15-21(17,18)13-6-7-14(19-2)12(9-13)5-4-8-16/h6-7,9,11,15-16H,8,10H2,1-3H3. The summed E-state index contributed by atoms with van der Waals surface area (Å²) >= 11 is 1.57. The summed E-state index contributed by atoms with van der Waals surface area (Å²) in [5.41, 5.74) is 0.423. The Hall–Kier alpha value is -1.20. The molecule has 1 unspecified atom stereocenters. The van der Waals surface area contributed by atoms with Gasteiger partial charge in [-0.25, -0.2) is 13.1 Å². The van der Waals surface area contributed by atoms with Crippen molar-refractivity contribution in [1.29, 1.82) is 0 Å². The number of hydrogen-bond acceptors (Lipinski definition) is 5. The van der Waals surface area contributed by atoms with E-state index in [-0.39, 0.29) is 17.5 Å². The first kappa shape index (κ1) is 17.9. The van der Waals surface area contributed by atoms with Crippen LogP contribution in [0.15, 0.2) is 23.1 Å². The average molecular weight is 329 g/mol. The molecule has 0 aliphatic carbocycles. The van der Waals surface area contributed by atoms with E-state index in [1.165, 1.54) is 19.2 Å². The quantitative estimate of drug-likeness (QED) is 0.764. The highest BCUT2D eigenvalue weighted by molar-refractivity contribution is 7.98. The number of ether oxygens (including phenoxy) is 1. The fraction of sp³-hybridized carbons (Fsp3) is 0.429. The molecule has 1 aromatic carbocycles. The Morgan fingerprint density at radius 3 is 2.76 bits per heavy atom. The number of aliphatic hydroxyl groups excluding tert-OH is 1. The largest absolute Gasteiger partial charge is 0.495 e. The van der Waals surface area contributed by atoms with Gasteiger partial charge in [-0.1, -0.05) is 11.8 Å². The van der Waals surface area contributed by atoms with Gasteiger partial charge < -0.3 is 9.84 Å². The summed E-state index contributed by atoms with van der Waals surface area (Å²) in [5.74, 6) is 6.32. The first-order chi connectivity index (χ1) is 9.94. The van der Waals surface area contributed by atoms with Crippen molar-refractivity contribution in [3.63, 3.8) is 0 Å². The second-order valence-corrected chi connectivity index (χ2v) is 6.92. The number of benzene rings is 1. The van der Waals surface area contributed by atoms with Crippen molar-refractivity contribution >= 4 is 21.8 Å². The minimum absolute atomic E-state index is 0.124. The maximum atomic E-state index is 12.3. The second kappa shape index (κ2) is 8.29. The van der Waals surface area contributed by atoms with Crippen LogP contribution in [0.4, 0.5) is 0 Å². The Balaban J connectivity index is 3.13. The summed E-state index contributed by atoms with van der Waals surface area (Å²) in [6, 6.07) is 4.29. The molecular formula is C14H19NO4S2. The Morgan fingerprint density at radius 1 is 1.48 bits per heavy atom. The molecule has 0 heterocycles. The van der Waals surface area contributed by atoms with Gasteiger partial charge in [-0.05, 0) is 31.4 Å². The lowest BCUT2D eigenvalue weighted by Crippen LogP contribution is -2.34. The topological polar surface area (TPSA) is 75.6 Å². The normalized spacial score (nSPS) is 12.4. The van der Waals surface area contributed by atoms with Gasteiger partial charge in [0.05, 0.1) is 17.6 Å². The van der Waals surface area contributed by atoms with E-state index in [0.717, 1.165) is 0 Å². The fourth-order valence-corrected chi connectivity index (χ4v) is 3.66. The predicted octanol–water partition coefficient (Wildman–Crippen LogP) is 1.07. The Morgan fingerprint density at radius 2 is 2.19 bits per heavy atom. The van der Waals surface area contributed by atoms with Crippen molar-refractivity contribution in [2.45, 2.75) is 17.9 Å². The van der Waals surface area contributed by atoms with Crippen molar-refractivity contribution in [1.82, 2.24) is 4.72 Å². The molecule has 5 nitrogen and oxygen atoms in total. The molecule has 0 saturated heterocycles. The molecule has 0 spiro atoms. The van der Waals surface area contributed by atoms with Gasteiger partial charge in [-0.15, -0.1) is 0 Å². The van der Waals surface area contributed by atoms with Crippen LogP contribution in [0.25, 0.3) is 0 Å². The highest BCUT2D eigenvalue weighted by Gasteiger charge is 2.18. The van der Waals surface area contributed by atoms with E-state index in [1.807, 2.05) is 13.2 Å². The zero-order valence-corrected chi connectivity index (χ0v) is 13.8. The zero-order chi connectivity index (χ0) is 15.9. The number of rotatable bonds is 6. The van der Waals surface area contributed by atoms with Crippen molar-refractivity contribution in [3.8, 4) is 17.6 Å². The molecule has 0 amide bonds. The van der Waals surface area contributed by atoms with Crippen LogP contribution in [0, 0.1) is 11.8 Å². The van der Waals surface area contributed by atoms with Crippen LogP contribution < -0.4 is 9.46 Å². The van der Waals surface area contributed by atoms with Gasteiger partial charge >= 0.3 is 0 Å². The molecule has 0 radical (unpaired) electrons. The van der Waals surface area contributed by atoms with E-state index in [0.29, 0.717) is 17.1 Å². The molecule has 0 aliphatic heterocycles. The van der Waals surface area contributed by atoms with Crippen LogP contribution in [0.1, 0.15) is 12.5 Å². The highest BCUT2D eigenvalue weighted by Crippen LogP contribution is 2.21. The third kappa shape index (κ3) is 5.25. The smallest absolute Gasteiger partial charge is 0.240 e. The van der Waals surface area contributed by atoms with E-state index in [1.54, 1.807) is 17.8 Å². The Bertz CT molecular complexity index is 632. The van der Waals surface area contributed by atoms with Gasteiger partial charge in [0.2, 0.25) is 10.0 Å². The first-order valence-electron chi connectivity index (χ1n) is 6.23. The lowest BCUT2D eigenvalue weighted by molar-refractivity contribution is 0.350. The molecule has 1 rings (SSSR count). The van der Waals surface area contributed by atoms with Gasteiger partial charge in [0.1, 0.15) is 12.4 Å². The Labute approximate surface area is 130 Å². The molecule has 1 atom stereocenters. The van der Waals surface area contributed by atoms with E-state index in [2.05, 4.69) is 16.6 Å². The molecule has 2 N–H and O–H groups in total. The van der Waals surface area contributed by atoms with Crippen LogP contribution in [0.2, 0.25) is 0 Å². The van der Waals surface area contributed by atoms with E-state index >= 15 is 0 Å². The molecule has 21 heavy (non-hydrogen) atoms. The third-order valence-electron chi connectivity index (χ3n) is 2.56. The van der Waals surface area contributed by atoms with Crippen molar-refractivity contribution < 1.29 is 18.3 Å². The van der Waals surface area contributed by atoms with Crippen LogP contribution in [-0.4, -0.2) is 45.3 Å². The predicted molar refractivity (Wildman–Crippen MR) is 85.1 cm³/mol. The zero-order valence-electron chi connectivity index (χ0n) is 12.2. The molecular weight excluding hydrogens is 310 g/mol. The molecule has 0 bridgehead atoms. The van der Waals surface area contributed by atoms with E-state index < -0.39 is 10.0 Å². The third-order valence-corrected chi connectivity index (χ3v) is 4.98. The maximum absolute atomic E-state index is 12.3. The van der Waals surface area contributed by atoms with Gasteiger partial charge in [-0.2, -0.15) is 11.8 Å². The minimum atomic E-state index is -3.60. The molecule has 0 aliphatic rings. The lowest BCUT2D eigenvalue weighted by Gasteiger charge is -2.14. The van der Waals surface area contributed by atoms with Gasteiger partial charge in [0, 0.05) is 11.8 Å². The van der Waals surface area contributed by atoms with Crippen LogP contribution in [0.5, 0.6) is 5.75 Å². The molecule has 0 aromatic heterocycles. The molecule has 7 heteroatoms. The van der Waals surface area contributed by atoms with Gasteiger partial charge in [0.25, 0.3) is 0 Å². The van der Waals surface area contributed by atoms with Crippen molar-refractivity contribution in [2.75, 3.05) is 25.7 Å². The minimum Gasteiger partial charge on any atom is -0.495 e. The molecule has 116 valence electrons. The summed E-state index contributed by atoms with van der Waals surface area (Å²) < 4.78 is 32.3. The summed E-state index contributed by atoms with van der Waals surface area (Å²) in [4.78, 5) is 0.124. The molecule has 0 saturated carbocycles. The fourth-order valence-electron chi connectivity index (χ4n) is 1.70. The number of thioether (sulfide) groups is 1. The van der Waals surface area contributed by atoms with Crippen LogP contribution in [0.3, 0.4) is 0 Å². The molecule has 0 fully saturated rings. The van der Waals surface area contributed by atoms with Gasteiger partial charge in [0.15, 0.2) is 0 Å². The molecule has 1 aromatic rings. The Kier molecular flexibility index (Phi) is 7.05. The summed E-state index contributed by atoms with van der Waals surface area (Å²) in [5, 5.41) is 8.75. The number of sulfonamides is 1. The average Bonchev–Trinajstić information content (AvgIpc) is 2.44. The maximum Gasteiger partial charge on any atom is 0.240 e. The first-order valence-corrected chi connectivity index (χ1v) is 9.11. The number of aliphatic hydroxyl groups is 1. The SMILES string of the molecule is COc1ccc(S(=O)(=O)NC(C)CSC)cc1C#CCO. The van der Waals surface area contributed by atoms with E-state index in [9.17, 15) is 8.42 Å². The van der Waals surface area contributed by atoms with E-state index in [4.69, 9.17) is 9.84 Å². The highest BCUT2D eigenvalue weighted by atomic mass is 32.2. The summed E-state index contributed by atoms with van der Waals surface area (Å²) in [7, 11) is -2.12. The van der Waals surface area contributed by atoms with Crippen LogP contribution >= 0.6 is 11.8 Å². The lowest BCUT2D eigenvalue weighted by atomic mass is 10.2. The van der Waals surface area contributed by atoms with Crippen molar-refractivity contribution in [2.24, 2.45) is 0 Å². The summed E-state index contributed by atoms with van der Waals surface area (Å²) in [6.45, 7) is 1.51. The van der Waals surface area contributed by atoms with Crippen molar-refractivity contribution in [3.05, 3.63) is 23.8 Å². The number of hydrogen-bond donors (Lipinski definition) is 2. The van der Waals surface area contributed by atoms with Crippen LogP contribution in [-0.2, 0) is 10.0 Å².